The molecule has 0 fully saturated rings. The van der Waals surface area contributed by atoms with Crippen molar-refractivity contribution in [2.24, 2.45) is 10.7 Å². The SMILES string of the molecule is CCC=N/C(=C\C=C(/C)C(=O)/C=C(\N)Cc1ccc(Cc2ccc(C)o2)cc1)COC. The topological polar surface area (TPSA) is 77.8 Å². The van der Waals surface area contributed by atoms with Gasteiger partial charge < -0.3 is 14.9 Å². The highest BCUT2D eigenvalue weighted by molar-refractivity contribution is 6.04. The van der Waals surface area contributed by atoms with Crippen molar-refractivity contribution in [2.45, 2.75) is 40.0 Å². The van der Waals surface area contributed by atoms with Gasteiger partial charge in [0.2, 0.25) is 0 Å². The number of aliphatic imine (C=N–C) groups is 1. The van der Waals surface area contributed by atoms with Gasteiger partial charge in [-0.1, -0.05) is 37.3 Å². The van der Waals surface area contributed by atoms with Crippen LogP contribution < -0.4 is 5.73 Å². The third-order valence-corrected chi connectivity index (χ3v) is 4.57. The molecule has 31 heavy (non-hydrogen) atoms. The molecule has 164 valence electrons. The molecule has 0 radical (unpaired) electrons. The van der Waals surface area contributed by atoms with Crippen LogP contribution >= 0.6 is 0 Å². The van der Waals surface area contributed by atoms with E-state index in [0.29, 0.717) is 24.3 Å². The van der Waals surface area contributed by atoms with Gasteiger partial charge in [0.05, 0.1) is 12.3 Å². The summed E-state index contributed by atoms with van der Waals surface area (Å²) < 4.78 is 10.8. The van der Waals surface area contributed by atoms with Crippen LogP contribution in [0.5, 0.6) is 0 Å². The number of ether oxygens (including phenoxy) is 1. The zero-order chi connectivity index (χ0) is 22.6. The molecule has 0 aliphatic heterocycles. The standard InChI is InChI=1S/C26H32N2O3/c1-5-14-28-24(18-30-4)12-6-19(2)26(29)17-23(27)15-21-8-10-22(11-9-21)16-25-13-7-20(3)31-25/h6-14,17H,5,15-16,18,27H2,1-4H3/b19-6+,23-17-,24-12-,28-14?. The minimum atomic E-state index is -0.116. The number of methoxy groups -OCH3 is 1. The van der Waals surface area contributed by atoms with Crippen LogP contribution in [-0.4, -0.2) is 25.7 Å². The van der Waals surface area contributed by atoms with E-state index in [-0.39, 0.29) is 5.78 Å². The van der Waals surface area contributed by atoms with Crippen LogP contribution in [0, 0.1) is 6.92 Å². The molecule has 2 aromatic rings. The molecular formula is C26H32N2O3. The van der Waals surface area contributed by atoms with Gasteiger partial charge in [0.25, 0.3) is 0 Å². The van der Waals surface area contributed by atoms with Crippen LogP contribution in [0.25, 0.3) is 0 Å². The van der Waals surface area contributed by atoms with E-state index in [0.717, 1.165) is 35.6 Å². The normalized spacial score (nSPS) is 13.2. The molecule has 1 heterocycles. The van der Waals surface area contributed by atoms with E-state index in [4.69, 9.17) is 14.9 Å². The lowest BCUT2D eigenvalue weighted by atomic mass is 10.0. The first-order chi connectivity index (χ1) is 14.9. The van der Waals surface area contributed by atoms with Gasteiger partial charge >= 0.3 is 0 Å². The monoisotopic (exact) mass is 420 g/mol. The van der Waals surface area contributed by atoms with Crippen LogP contribution in [0.15, 0.2) is 81.0 Å². The third-order valence-electron chi connectivity index (χ3n) is 4.57. The first-order valence-corrected chi connectivity index (χ1v) is 10.4. The average Bonchev–Trinajstić information content (AvgIpc) is 3.15. The number of carbonyl (C=O) groups is 1. The number of rotatable bonds is 11. The Kier molecular flexibility index (Phi) is 9.72. The molecule has 2 rings (SSSR count). The van der Waals surface area contributed by atoms with Gasteiger partial charge in [0.15, 0.2) is 5.78 Å². The van der Waals surface area contributed by atoms with Gasteiger partial charge in [0, 0.05) is 37.9 Å². The Morgan fingerprint density at radius 1 is 1.13 bits per heavy atom. The maximum absolute atomic E-state index is 12.5. The molecule has 0 bridgehead atoms. The van der Waals surface area contributed by atoms with E-state index in [2.05, 4.69) is 17.1 Å². The van der Waals surface area contributed by atoms with Crippen LogP contribution in [-0.2, 0) is 22.4 Å². The number of ketones is 1. The van der Waals surface area contributed by atoms with Gasteiger partial charge in [-0.2, -0.15) is 0 Å². The fourth-order valence-corrected chi connectivity index (χ4v) is 2.91. The van der Waals surface area contributed by atoms with Crippen molar-refractivity contribution in [2.75, 3.05) is 13.7 Å². The minimum Gasteiger partial charge on any atom is -0.466 e. The number of carbonyl (C=O) groups excluding carboxylic acids is 1. The Labute approximate surface area is 185 Å². The van der Waals surface area contributed by atoms with Crippen LogP contribution in [0.4, 0.5) is 0 Å². The number of nitrogens with two attached hydrogens (primary N) is 1. The Morgan fingerprint density at radius 3 is 2.45 bits per heavy atom. The first-order valence-electron chi connectivity index (χ1n) is 10.4. The molecule has 5 nitrogen and oxygen atoms in total. The van der Waals surface area contributed by atoms with E-state index in [1.165, 1.54) is 11.6 Å². The summed E-state index contributed by atoms with van der Waals surface area (Å²) in [4.78, 5) is 16.8. The predicted molar refractivity (Wildman–Crippen MR) is 126 cm³/mol. The molecule has 0 amide bonds. The maximum atomic E-state index is 12.5. The second-order valence-electron chi connectivity index (χ2n) is 7.43. The molecule has 5 heteroatoms. The molecule has 0 saturated heterocycles. The number of furan rings is 1. The second kappa shape index (κ2) is 12.5. The summed E-state index contributed by atoms with van der Waals surface area (Å²) in [6, 6.07) is 12.2. The summed E-state index contributed by atoms with van der Waals surface area (Å²) in [5.74, 6) is 1.74. The van der Waals surface area contributed by atoms with E-state index in [1.807, 2.05) is 44.3 Å². The summed E-state index contributed by atoms with van der Waals surface area (Å²) in [5, 5.41) is 0. The second-order valence-corrected chi connectivity index (χ2v) is 7.43. The van der Waals surface area contributed by atoms with Gasteiger partial charge in [-0.15, -0.1) is 0 Å². The van der Waals surface area contributed by atoms with Gasteiger partial charge in [0.1, 0.15) is 11.5 Å². The van der Waals surface area contributed by atoms with Crippen LogP contribution in [0.1, 0.15) is 42.9 Å². The quantitative estimate of drug-likeness (QED) is 0.312. The molecule has 1 aromatic heterocycles. The number of aryl methyl sites for hydroxylation is 1. The molecule has 0 aliphatic carbocycles. The van der Waals surface area contributed by atoms with Crippen molar-refractivity contribution in [1.29, 1.82) is 0 Å². The lowest BCUT2D eigenvalue weighted by Gasteiger charge is -2.05. The first kappa shape index (κ1) is 24.1. The van der Waals surface area contributed by atoms with E-state index in [1.54, 1.807) is 26.2 Å². The highest BCUT2D eigenvalue weighted by Crippen LogP contribution is 2.15. The minimum absolute atomic E-state index is 0.116. The fraction of sp³-hybridized carbons (Fsp3) is 0.308. The molecule has 2 N–H and O–H groups in total. The lowest BCUT2D eigenvalue weighted by Crippen LogP contribution is -2.06. The predicted octanol–water partition coefficient (Wildman–Crippen LogP) is 5.09. The largest absolute Gasteiger partial charge is 0.466 e. The Bertz CT molecular complexity index is 976. The highest BCUT2D eigenvalue weighted by Gasteiger charge is 2.05. The summed E-state index contributed by atoms with van der Waals surface area (Å²) in [5.41, 5.74) is 10.2. The zero-order valence-electron chi connectivity index (χ0n) is 18.9. The molecule has 0 saturated carbocycles. The average molecular weight is 421 g/mol. The smallest absolute Gasteiger partial charge is 0.183 e. The van der Waals surface area contributed by atoms with Gasteiger partial charge in [-0.3, -0.25) is 9.79 Å². The van der Waals surface area contributed by atoms with E-state index in [9.17, 15) is 4.79 Å². The van der Waals surface area contributed by atoms with Crippen LogP contribution in [0.2, 0.25) is 0 Å². The highest BCUT2D eigenvalue weighted by atomic mass is 16.5. The lowest BCUT2D eigenvalue weighted by molar-refractivity contribution is -0.111. The molecule has 0 aliphatic rings. The van der Waals surface area contributed by atoms with Crippen molar-refractivity contribution >= 4 is 12.0 Å². The number of nitrogens with zero attached hydrogens (tertiary/aromatic N) is 1. The van der Waals surface area contributed by atoms with Gasteiger partial charge in [-0.05, 0) is 55.2 Å². The fourth-order valence-electron chi connectivity index (χ4n) is 2.91. The van der Waals surface area contributed by atoms with Crippen molar-refractivity contribution in [3.05, 3.63) is 94.2 Å². The summed E-state index contributed by atoms with van der Waals surface area (Å²) in [6.45, 7) is 6.11. The molecule has 0 atom stereocenters. The van der Waals surface area contributed by atoms with E-state index >= 15 is 0 Å². The Morgan fingerprint density at radius 2 is 1.84 bits per heavy atom. The number of hydrogen-bond donors (Lipinski definition) is 1. The molecule has 0 spiro atoms. The van der Waals surface area contributed by atoms with Crippen molar-refractivity contribution in [3.63, 3.8) is 0 Å². The Hall–Kier alpha value is -3.18. The zero-order valence-corrected chi connectivity index (χ0v) is 18.9. The Balaban J connectivity index is 1.98. The van der Waals surface area contributed by atoms with Crippen molar-refractivity contribution in [1.82, 2.24) is 0 Å². The summed E-state index contributed by atoms with van der Waals surface area (Å²) >= 11 is 0. The summed E-state index contributed by atoms with van der Waals surface area (Å²) in [6.07, 6.45) is 8.96. The number of benzene rings is 1. The van der Waals surface area contributed by atoms with Crippen molar-refractivity contribution in [3.8, 4) is 0 Å². The van der Waals surface area contributed by atoms with E-state index < -0.39 is 0 Å². The number of allylic oxidation sites excluding steroid dienone is 5. The van der Waals surface area contributed by atoms with Gasteiger partial charge in [-0.25, -0.2) is 0 Å². The molecule has 1 aromatic carbocycles. The molecular weight excluding hydrogens is 388 g/mol. The number of hydrogen-bond acceptors (Lipinski definition) is 5. The third kappa shape index (κ3) is 8.60. The maximum Gasteiger partial charge on any atom is 0.183 e. The van der Waals surface area contributed by atoms with Crippen LogP contribution in [0.3, 0.4) is 0 Å². The van der Waals surface area contributed by atoms with Crippen molar-refractivity contribution < 1.29 is 13.9 Å². The molecule has 0 unspecified atom stereocenters. The summed E-state index contributed by atoms with van der Waals surface area (Å²) in [7, 11) is 1.62.